The Hall–Kier alpha value is -1.57. The van der Waals surface area contributed by atoms with Crippen LogP contribution in [0.15, 0.2) is 24.3 Å². The first-order valence-corrected chi connectivity index (χ1v) is 5.36. The summed E-state index contributed by atoms with van der Waals surface area (Å²) in [5.41, 5.74) is 6.54. The minimum absolute atomic E-state index is 0.0874. The number of benzene rings is 1. The minimum atomic E-state index is 0.0874. The fourth-order valence-corrected chi connectivity index (χ4v) is 1.32. The van der Waals surface area contributed by atoms with E-state index >= 15 is 0 Å². The highest BCUT2D eigenvalue weighted by atomic mass is 16.5. The predicted molar refractivity (Wildman–Crippen MR) is 62.9 cm³/mol. The Labute approximate surface area is 96.0 Å². The number of nitrogens with zero attached hydrogens (tertiary/aromatic N) is 1. The monoisotopic (exact) mass is 219 g/mol. The second kappa shape index (κ2) is 7.69. The van der Waals surface area contributed by atoms with E-state index in [-0.39, 0.29) is 6.61 Å². The Morgan fingerprint density at radius 1 is 1.44 bits per heavy atom. The summed E-state index contributed by atoms with van der Waals surface area (Å²) in [6.07, 6.45) is 0.977. The van der Waals surface area contributed by atoms with Crippen molar-refractivity contribution < 1.29 is 4.74 Å². The second-order valence-electron chi connectivity index (χ2n) is 3.41. The van der Waals surface area contributed by atoms with Crippen molar-refractivity contribution in [3.63, 3.8) is 0 Å². The van der Waals surface area contributed by atoms with Gasteiger partial charge in [-0.05, 0) is 37.2 Å². The summed E-state index contributed by atoms with van der Waals surface area (Å²) in [7, 11) is 0. The van der Waals surface area contributed by atoms with Crippen LogP contribution in [0.3, 0.4) is 0 Å². The molecule has 0 fully saturated rings. The largest absolute Gasteiger partial charge is 0.479 e. The number of nitrogens with two attached hydrogens (primary N) is 1. The van der Waals surface area contributed by atoms with Crippen molar-refractivity contribution in [2.24, 2.45) is 5.73 Å². The molecular formula is C12H17N3O. The molecular weight excluding hydrogens is 202 g/mol. The Balaban J connectivity index is 2.38. The van der Waals surface area contributed by atoms with Gasteiger partial charge >= 0.3 is 0 Å². The lowest BCUT2D eigenvalue weighted by atomic mass is 10.2. The van der Waals surface area contributed by atoms with Crippen LogP contribution in [0.5, 0.6) is 5.75 Å². The van der Waals surface area contributed by atoms with Gasteiger partial charge in [0.1, 0.15) is 11.8 Å². The molecule has 1 rings (SSSR count). The smallest absolute Gasteiger partial charge is 0.174 e. The molecule has 4 nitrogen and oxygen atoms in total. The number of nitrogens with one attached hydrogen (secondary N) is 1. The predicted octanol–water partition coefficient (Wildman–Crippen LogP) is 1.03. The average molecular weight is 219 g/mol. The van der Waals surface area contributed by atoms with Gasteiger partial charge in [0.05, 0.1) is 0 Å². The Morgan fingerprint density at radius 3 is 3.06 bits per heavy atom. The summed E-state index contributed by atoms with van der Waals surface area (Å²) in [6, 6.07) is 9.67. The first kappa shape index (κ1) is 12.5. The van der Waals surface area contributed by atoms with Gasteiger partial charge in [-0.25, -0.2) is 0 Å². The lowest BCUT2D eigenvalue weighted by Gasteiger charge is -2.06. The molecule has 0 saturated carbocycles. The third-order valence-electron chi connectivity index (χ3n) is 2.09. The molecule has 0 heterocycles. The van der Waals surface area contributed by atoms with Crippen molar-refractivity contribution in [2.75, 3.05) is 19.7 Å². The van der Waals surface area contributed by atoms with E-state index in [0.29, 0.717) is 6.54 Å². The Morgan fingerprint density at radius 2 is 2.31 bits per heavy atom. The highest BCUT2D eigenvalue weighted by Crippen LogP contribution is 2.12. The van der Waals surface area contributed by atoms with Gasteiger partial charge in [0.2, 0.25) is 0 Å². The second-order valence-corrected chi connectivity index (χ2v) is 3.41. The molecule has 0 spiro atoms. The molecule has 0 aliphatic heterocycles. The van der Waals surface area contributed by atoms with Gasteiger partial charge in [-0.2, -0.15) is 5.26 Å². The van der Waals surface area contributed by atoms with Crippen LogP contribution in [-0.2, 0) is 6.54 Å². The molecule has 0 saturated heterocycles. The molecule has 0 aromatic heterocycles. The molecule has 0 aliphatic carbocycles. The van der Waals surface area contributed by atoms with E-state index in [2.05, 4.69) is 5.32 Å². The van der Waals surface area contributed by atoms with Crippen LogP contribution in [0.2, 0.25) is 0 Å². The summed E-state index contributed by atoms with van der Waals surface area (Å²) < 4.78 is 5.21. The average Bonchev–Trinajstić information content (AvgIpc) is 2.33. The summed E-state index contributed by atoms with van der Waals surface area (Å²) in [5.74, 6) is 0.736. The van der Waals surface area contributed by atoms with Crippen molar-refractivity contribution in [1.82, 2.24) is 5.32 Å². The zero-order chi connectivity index (χ0) is 11.6. The minimum Gasteiger partial charge on any atom is -0.479 e. The normalized spacial score (nSPS) is 9.75. The summed E-state index contributed by atoms with van der Waals surface area (Å²) in [5, 5.41) is 11.7. The fraction of sp³-hybridized carbons (Fsp3) is 0.417. The molecule has 0 bridgehead atoms. The zero-order valence-corrected chi connectivity index (χ0v) is 9.28. The van der Waals surface area contributed by atoms with Crippen molar-refractivity contribution in [1.29, 1.82) is 5.26 Å². The maximum atomic E-state index is 8.40. The van der Waals surface area contributed by atoms with E-state index in [1.54, 1.807) is 0 Å². The van der Waals surface area contributed by atoms with Gasteiger partial charge in [-0.3, -0.25) is 0 Å². The van der Waals surface area contributed by atoms with Gasteiger partial charge in [-0.15, -0.1) is 0 Å². The maximum absolute atomic E-state index is 8.40. The lowest BCUT2D eigenvalue weighted by molar-refractivity contribution is 0.367. The van der Waals surface area contributed by atoms with Gasteiger partial charge in [0, 0.05) is 6.54 Å². The van der Waals surface area contributed by atoms with E-state index < -0.39 is 0 Å². The SMILES string of the molecule is N#CCOc1cccc(CNCCCN)c1. The number of ether oxygens (including phenoxy) is 1. The van der Waals surface area contributed by atoms with E-state index in [0.717, 1.165) is 30.8 Å². The first-order chi connectivity index (χ1) is 7.86. The molecule has 0 amide bonds. The van der Waals surface area contributed by atoms with Crippen LogP contribution in [-0.4, -0.2) is 19.7 Å². The number of rotatable bonds is 7. The molecule has 3 N–H and O–H groups in total. The van der Waals surface area contributed by atoms with Crippen LogP contribution in [0.25, 0.3) is 0 Å². The van der Waals surface area contributed by atoms with Crippen molar-refractivity contribution in [2.45, 2.75) is 13.0 Å². The van der Waals surface area contributed by atoms with Crippen molar-refractivity contribution in [3.8, 4) is 11.8 Å². The molecule has 1 aromatic carbocycles. The van der Waals surface area contributed by atoms with Crippen LogP contribution >= 0.6 is 0 Å². The molecule has 0 unspecified atom stereocenters. The van der Waals surface area contributed by atoms with Crippen molar-refractivity contribution in [3.05, 3.63) is 29.8 Å². The molecule has 86 valence electrons. The third kappa shape index (κ3) is 4.78. The zero-order valence-electron chi connectivity index (χ0n) is 9.28. The Bertz CT molecular complexity index is 346. The highest BCUT2D eigenvalue weighted by Gasteiger charge is 1.96. The fourth-order valence-electron chi connectivity index (χ4n) is 1.32. The number of hydrogen-bond acceptors (Lipinski definition) is 4. The number of nitriles is 1. The number of hydrogen-bond donors (Lipinski definition) is 2. The van der Waals surface area contributed by atoms with Crippen LogP contribution in [0.4, 0.5) is 0 Å². The summed E-state index contributed by atoms with van der Waals surface area (Å²) >= 11 is 0. The topological polar surface area (TPSA) is 71.1 Å². The van der Waals surface area contributed by atoms with Gasteiger partial charge in [-0.1, -0.05) is 12.1 Å². The quantitative estimate of drug-likeness (QED) is 0.672. The van der Waals surface area contributed by atoms with Gasteiger partial charge in [0.15, 0.2) is 6.61 Å². The third-order valence-corrected chi connectivity index (χ3v) is 2.09. The maximum Gasteiger partial charge on any atom is 0.174 e. The molecule has 0 radical (unpaired) electrons. The van der Waals surface area contributed by atoms with Crippen LogP contribution in [0, 0.1) is 11.3 Å². The van der Waals surface area contributed by atoms with E-state index in [1.807, 2.05) is 30.3 Å². The first-order valence-electron chi connectivity index (χ1n) is 5.36. The molecule has 0 atom stereocenters. The highest BCUT2D eigenvalue weighted by molar-refractivity contribution is 5.28. The van der Waals surface area contributed by atoms with Crippen LogP contribution in [0.1, 0.15) is 12.0 Å². The van der Waals surface area contributed by atoms with E-state index in [9.17, 15) is 0 Å². The summed E-state index contributed by atoms with van der Waals surface area (Å²) in [4.78, 5) is 0. The molecule has 0 aliphatic rings. The lowest BCUT2D eigenvalue weighted by Crippen LogP contribution is -2.17. The van der Waals surface area contributed by atoms with E-state index in [4.69, 9.17) is 15.7 Å². The Kier molecular flexibility index (Phi) is 6.00. The van der Waals surface area contributed by atoms with Gasteiger partial charge in [0.25, 0.3) is 0 Å². The standard InChI is InChI=1S/C12H17N3O/c13-5-2-7-15-10-11-3-1-4-12(9-11)16-8-6-14/h1,3-4,9,15H,2,5,7-8,10,13H2. The van der Waals surface area contributed by atoms with E-state index in [1.165, 1.54) is 0 Å². The van der Waals surface area contributed by atoms with Crippen molar-refractivity contribution >= 4 is 0 Å². The summed E-state index contributed by atoms with van der Waals surface area (Å²) in [6.45, 7) is 2.51. The van der Waals surface area contributed by atoms with Gasteiger partial charge < -0.3 is 15.8 Å². The molecule has 16 heavy (non-hydrogen) atoms. The molecule has 4 heteroatoms. The van der Waals surface area contributed by atoms with Crippen LogP contribution < -0.4 is 15.8 Å². The molecule has 1 aromatic rings.